The average molecular weight is 304 g/mol. The number of likely N-dealkylation sites (N-methyl/N-ethyl adjacent to an activating group) is 1. The van der Waals surface area contributed by atoms with Crippen LogP contribution < -0.4 is 20.1 Å². The molecule has 1 amide bonds. The van der Waals surface area contributed by atoms with Crippen LogP contribution in [0.1, 0.15) is 11.6 Å². The van der Waals surface area contributed by atoms with E-state index in [4.69, 9.17) is 9.47 Å². The highest BCUT2D eigenvalue weighted by molar-refractivity contribution is 5.95. The number of benzene rings is 1. The van der Waals surface area contributed by atoms with Gasteiger partial charge in [0.2, 0.25) is 5.91 Å². The largest absolute Gasteiger partial charge is 0.493 e. The SMILES string of the molecule is CNC(C(=O)Nc1ccc(OC)c(OC)c1)c1cnn(C)c1. The standard InChI is InChI=1S/C15H20N4O3/c1-16-14(10-8-17-19(2)9-10)15(20)18-11-5-6-12(21-3)13(7-11)22-4/h5-9,14,16H,1-4H3,(H,18,20). The molecule has 1 aromatic heterocycles. The van der Waals surface area contributed by atoms with E-state index in [-0.39, 0.29) is 5.91 Å². The van der Waals surface area contributed by atoms with Gasteiger partial charge in [-0.25, -0.2) is 0 Å². The van der Waals surface area contributed by atoms with Crippen LogP contribution in [-0.2, 0) is 11.8 Å². The number of rotatable bonds is 6. The lowest BCUT2D eigenvalue weighted by molar-refractivity contribution is -0.118. The molecule has 22 heavy (non-hydrogen) atoms. The molecule has 0 saturated heterocycles. The van der Waals surface area contributed by atoms with Crippen molar-refractivity contribution in [3.05, 3.63) is 36.2 Å². The first-order valence-corrected chi connectivity index (χ1v) is 6.77. The lowest BCUT2D eigenvalue weighted by Gasteiger charge is -2.15. The van der Waals surface area contributed by atoms with Crippen molar-refractivity contribution in [3.63, 3.8) is 0 Å². The third-order valence-electron chi connectivity index (χ3n) is 3.26. The van der Waals surface area contributed by atoms with Gasteiger partial charge in [-0.3, -0.25) is 9.48 Å². The molecule has 1 atom stereocenters. The molecule has 0 aliphatic heterocycles. The summed E-state index contributed by atoms with van der Waals surface area (Å²) in [4.78, 5) is 12.4. The highest BCUT2D eigenvalue weighted by Gasteiger charge is 2.20. The number of nitrogens with one attached hydrogen (secondary N) is 2. The van der Waals surface area contributed by atoms with Crippen LogP contribution >= 0.6 is 0 Å². The summed E-state index contributed by atoms with van der Waals surface area (Å²) >= 11 is 0. The molecule has 0 radical (unpaired) electrons. The second kappa shape index (κ2) is 6.95. The van der Waals surface area contributed by atoms with Gasteiger partial charge in [-0.1, -0.05) is 0 Å². The van der Waals surface area contributed by atoms with Crippen LogP contribution in [0.5, 0.6) is 11.5 Å². The molecule has 7 heteroatoms. The molecular weight excluding hydrogens is 284 g/mol. The van der Waals surface area contributed by atoms with Gasteiger partial charge in [0.1, 0.15) is 6.04 Å². The molecule has 0 spiro atoms. The number of hydrogen-bond donors (Lipinski definition) is 2. The number of anilines is 1. The van der Waals surface area contributed by atoms with Gasteiger partial charge in [0.05, 0.1) is 20.4 Å². The van der Waals surface area contributed by atoms with Crippen molar-refractivity contribution in [3.8, 4) is 11.5 Å². The number of hydrogen-bond acceptors (Lipinski definition) is 5. The lowest BCUT2D eigenvalue weighted by Crippen LogP contribution is -2.30. The minimum Gasteiger partial charge on any atom is -0.493 e. The van der Waals surface area contributed by atoms with Crippen molar-refractivity contribution in [2.24, 2.45) is 7.05 Å². The van der Waals surface area contributed by atoms with E-state index in [1.54, 1.807) is 56.5 Å². The van der Waals surface area contributed by atoms with E-state index in [1.165, 1.54) is 0 Å². The van der Waals surface area contributed by atoms with Gasteiger partial charge in [-0.15, -0.1) is 0 Å². The predicted molar refractivity (Wildman–Crippen MR) is 83.2 cm³/mol. The molecule has 0 aliphatic rings. The van der Waals surface area contributed by atoms with E-state index in [2.05, 4.69) is 15.7 Å². The van der Waals surface area contributed by atoms with Crippen molar-refractivity contribution >= 4 is 11.6 Å². The van der Waals surface area contributed by atoms with E-state index in [0.29, 0.717) is 17.2 Å². The van der Waals surface area contributed by atoms with E-state index in [0.717, 1.165) is 5.56 Å². The Morgan fingerprint density at radius 3 is 2.55 bits per heavy atom. The van der Waals surface area contributed by atoms with Gasteiger partial charge < -0.3 is 20.1 Å². The van der Waals surface area contributed by atoms with Gasteiger partial charge in [0.15, 0.2) is 11.5 Å². The summed E-state index contributed by atoms with van der Waals surface area (Å²) in [7, 11) is 6.65. The lowest BCUT2D eigenvalue weighted by atomic mass is 10.1. The zero-order chi connectivity index (χ0) is 16.1. The number of aryl methyl sites for hydroxylation is 1. The van der Waals surface area contributed by atoms with Crippen LogP contribution in [0.15, 0.2) is 30.6 Å². The highest BCUT2D eigenvalue weighted by Crippen LogP contribution is 2.30. The Morgan fingerprint density at radius 2 is 2.00 bits per heavy atom. The Kier molecular flexibility index (Phi) is 5.00. The predicted octanol–water partition coefficient (Wildman–Crippen LogP) is 1.34. The van der Waals surface area contributed by atoms with Crippen LogP contribution in [0, 0.1) is 0 Å². The maximum absolute atomic E-state index is 12.4. The Bertz CT molecular complexity index is 654. The van der Waals surface area contributed by atoms with Crippen LogP contribution in [0.25, 0.3) is 0 Å². The third kappa shape index (κ3) is 3.37. The zero-order valence-electron chi connectivity index (χ0n) is 13.1. The number of aromatic nitrogens is 2. The molecule has 118 valence electrons. The van der Waals surface area contributed by atoms with Crippen molar-refractivity contribution in [1.82, 2.24) is 15.1 Å². The number of ether oxygens (including phenoxy) is 2. The minimum absolute atomic E-state index is 0.178. The number of carbonyl (C=O) groups excluding carboxylic acids is 1. The molecule has 7 nitrogen and oxygen atoms in total. The first-order valence-electron chi connectivity index (χ1n) is 6.77. The quantitative estimate of drug-likeness (QED) is 0.842. The molecule has 1 unspecified atom stereocenters. The first kappa shape index (κ1) is 15.8. The third-order valence-corrected chi connectivity index (χ3v) is 3.26. The van der Waals surface area contributed by atoms with E-state index in [9.17, 15) is 4.79 Å². The molecule has 2 N–H and O–H groups in total. The Morgan fingerprint density at radius 1 is 1.27 bits per heavy atom. The highest BCUT2D eigenvalue weighted by atomic mass is 16.5. The normalized spacial score (nSPS) is 11.8. The van der Waals surface area contributed by atoms with E-state index >= 15 is 0 Å². The smallest absolute Gasteiger partial charge is 0.246 e. The second-order valence-corrected chi connectivity index (χ2v) is 4.73. The Balaban J connectivity index is 2.16. The molecule has 2 rings (SSSR count). The molecule has 0 aliphatic carbocycles. The molecule has 0 saturated carbocycles. The van der Waals surface area contributed by atoms with Crippen molar-refractivity contribution in [2.75, 3.05) is 26.6 Å². The summed E-state index contributed by atoms with van der Waals surface area (Å²) in [6.07, 6.45) is 3.46. The monoisotopic (exact) mass is 304 g/mol. The van der Waals surface area contributed by atoms with Gasteiger partial charge in [-0.05, 0) is 19.2 Å². The summed E-state index contributed by atoms with van der Waals surface area (Å²) in [5.41, 5.74) is 1.43. The summed E-state index contributed by atoms with van der Waals surface area (Å²) in [5.74, 6) is 0.989. The fourth-order valence-corrected chi connectivity index (χ4v) is 2.17. The molecule has 0 bridgehead atoms. The first-order chi connectivity index (χ1) is 10.6. The maximum Gasteiger partial charge on any atom is 0.246 e. The molecule has 2 aromatic rings. The van der Waals surface area contributed by atoms with Gasteiger partial charge >= 0.3 is 0 Å². The second-order valence-electron chi connectivity index (χ2n) is 4.73. The Labute approximate surface area is 129 Å². The average Bonchev–Trinajstić information content (AvgIpc) is 2.94. The topological polar surface area (TPSA) is 77.4 Å². The van der Waals surface area contributed by atoms with Crippen LogP contribution in [0.2, 0.25) is 0 Å². The van der Waals surface area contributed by atoms with E-state index < -0.39 is 6.04 Å². The number of methoxy groups -OCH3 is 2. The molecule has 1 heterocycles. The van der Waals surface area contributed by atoms with Gasteiger partial charge in [-0.2, -0.15) is 5.10 Å². The summed E-state index contributed by atoms with van der Waals surface area (Å²) in [5, 5.41) is 9.92. The van der Waals surface area contributed by atoms with Crippen molar-refractivity contribution in [2.45, 2.75) is 6.04 Å². The minimum atomic E-state index is -0.484. The van der Waals surface area contributed by atoms with Crippen molar-refractivity contribution in [1.29, 1.82) is 0 Å². The van der Waals surface area contributed by atoms with Crippen LogP contribution in [0.3, 0.4) is 0 Å². The fraction of sp³-hybridized carbons (Fsp3) is 0.333. The summed E-state index contributed by atoms with van der Waals surface area (Å²) in [6.45, 7) is 0. The number of nitrogens with zero attached hydrogens (tertiary/aromatic N) is 2. The fourth-order valence-electron chi connectivity index (χ4n) is 2.17. The van der Waals surface area contributed by atoms with Gasteiger partial charge in [0, 0.05) is 30.6 Å². The van der Waals surface area contributed by atoms with Crippen molar-refractivity contribution < 1.29 is 14.3 Å². The van der Waals surface area contributed by atoms with Gasteiger partial charge in [0.25, 0.3) is 0 Å². The van der Waals surface area contributed by atoms with E-state index in [1.807, 2.05) is 7.05 Å². The zero-order valence-corrected chi connectivity index (χ0v) is 13.1. The molecule has 1 aromatic carbocycles. The number of carbonyl (C=O) groups is 1. The summed E-state index contributed by atoms with van der Waals surface area (Å²) in [6, 6.07) is 4.73. The maximum atomic E-state index is 12.4. The molecular formula is C15H20N4O3. The summed E-state index contributed by atoms with van der Waals surface area (Å²) < 4.78 is 12.1. The number of amides is 1. The molecule has 0 fully saturated rings. The van der Waals surface area contributed by atoms with Crippen LogP contribution in [0.4, 0.5) is 5.69 Å². The van der Waals surface area contributed by atoms with Crippen LogP contribution in [-0.4, -0.2) is 37.0 Å². The Hall–Kier alpha value is -2.54.